The molecule has 0 aromatic rings. The van der Waals surface area contributed by atoms with Crippen molar-refractivity contribution in [2.75, 3.05) is 0 Å². The van der Waals surface area contributed by atoms with Crippen molar-refractivity contribution >= 4 is 43.8 Å². The van der Waals surface area contributed by atoms with Crippen LogP contribution in [0.5, 0.6) is 0 Å². The zero-order valence-corrected chi connectivity index (χ0v) is 15.5. The molecule has 0 saturated heterocycles. The van der Waals surface area contributed by atoms with E-state index in [1.165, 1.54) is 23.8 Å². The minimum absolute atomic E-state index is 0. The van der Waals surface area contributed by atoms with E-state index in [0.29, 0.717) is 11.1 Å². The van der Waals surface area contributed by atoms with Crippen molar-refractivity contribution in [3.8, 4) is 0 Å². The maximum Gasteiger partial charge on any atom is 0.331 e. The molecule has 0 saturated carbocycles. The summed E-state index contributed by atoms with van der Waals surface area (Å²) in [5.41, 5.74) is 0.611. The first-order valence-corrected chi connectivity index (χ1v) is 5.20. The molecule has 82 valence electrons. The molecule has 0 rings (SSSR count). The second kappa shape index (κ2) is 12.4. The summed E-state index contributed by atoms with van der Waals surface area (Å²) in [4.78, 5) is 22.4. The first-order chi connectivity index (χ1) is 6.36. The predicted octanol–water partition coefficient (Wildman–Crippen LogP) is 2.74. The van der Waals surface area contributed by atoms with Crippen LogP contribution in [0.2, 0.25) is 0 Å². The first-order valence-electron chi connectivity index (χ1n) is 3.37. The molecular formula is C8H10Br2CdO4. The van der Waals surface area contributed by atoms with Crippen LogP contribution in [0.1, 0.15) is 13.8 Å². The zero-order valence-electron chi connectivity index (χ0n) is 8.33. The number of halogens is 2. The summed E-state index contributed by atoms with van der Waals surface area (Å²) in [6.45, 7) is 3.02. The van der Waals surface area contributed by atoms with Crippen molar-refractivity contribution in [3.63, 3.8) is 0 Å². The van der Waals surface area contributed by atoms with Crippen LogP contribution < -0.4 is 0 Å². The third-order valence-electron chi connectivity index (χ3n) is 1.00. The van der Waals surface area contributed by atoms with Gasteiger partial charge in [-0.3, -0.25) is 0 Å². The minimum Gasteiger partial charge on any atom is -0.478 e. The molecule has 0 aliphatic carbocycles. The van der Waals surface area contributed by atoms with Gasteiger partial charge in [-0.15, -0.1) is 0 Å². The van der Waals surface area contributed by atoms with E-state index >= 15 is 0 Å². The second-order valence-corrected chi connectivity index (χ2v) is 3.11. The van der Waals surface area contributed by atoms with Gasteiger partial charge in [-0.05, 0) is 23.8 Å². The molecule has 2 N–H and O–H groups in total. The van der Waals surface area contributed by atoms with Crippen molar-refractivity contribution in [1.29, 1.82) is 0 Å². The summed E-state index contributed by atoms with van der Waals surface area (Å²) in [6.07, 6.45) is 0. The SMILES string of the molecule is C/C(=C\Br)C(=O)O.C/C(=C\Br)C(=O)O.[Cd]. The van der Waals surface area contributed by atoms with Crippen LogP contribution in [0.4, 0.5) is 0 Å². The summed E-state index contributed by atoms with van der Waals surface area (Å²) in [7, 11) is 0. The van der Waals surface area contributed by atoms with E-state index in [-0.39, 0.29) is 27.3 Å². The van der Waals surface area contributed by atoms with Crippen LogP contribution in [-0.4, -0.2) is 22.2 Å². The van der Waals surface area contributed by atoms with Gasteiger partial charge in [0.1, 0.15) is 0 Å². The predicted molar refractivity (Wildman–Crippen MR) is 60.6 cm³/mol. The Morgan fingerprint density at radius 3 is 1.13 bits per heavy atom. The van der Waals surface area contributed by atoms with Gasteiger partial charge in [0.15, 0.2) is 0 Å². The maximum absolute atomic E-state index is 9.83. The summed E-state index contributed by atoms with van der Waals surface area (Å²) in [6, 6.07) is 0. The smallest absolute Gasteiger partial charge is 0.331 e. The van der Waals surface area contributed by atoms with Gasteiger partial charge in [-0.25, -0.2) is 9.59 Å². The molecule has 0 atom stereocenters. The average molecular weight is 442 g/mol. The summed E-state index contributed by atoms with van der Waals surface area (Å²) >= 11 is 5.74. The Bertz CT molecular complexity index is 246. The first kappa shape index (κ1) is 20.7. The fraction of sp³-hybridized carbons (Fsp3) is 0.250. The topological polar surface area (TPSA) is 74.6 Å². The molecule has 0 aliphatic rings. The normalized spacial score (nSPS) is 10.7. The van der Waals surface area contributed by atoms with E-state index in [2.05, 4.69) is 31.9 Å². The van der Waals surface area contributed by atoms with Gasteiger partial charge in [-0.1, -0.05) is 31.9 Å². The number of hydrogen-bond donors (Lipinski definition) is 2. The molecule has 0 fully saturated rings. The van der Waals surface area contributed by atoms with Crippen molar-refractivity contribution in [2.24, 2.45) is 0 Å². The number of carboxylic acid groups (broad SMARTS) is 2. The molecule has 0 aliphatic heterocycles. The molecule has 15 heavy (non-hydrogen) atoms. The van der Waals surface area contributed by atoms with E-state index < -0.39 is 11.9 Å². The number of carboxylic acids is 2. The number of rotatable bonds is 2. The van der Waals surface area contributed by atoms with Crippen molar-refractivity contribution < 1.29 is 47.1 Å². The molecule has 0 amide bonds. The largest absolute Gasteiger partial charge is 0.478 e. The molecule has 0 aromatic heterocycles. The zero-order chi connectivity index (χ0) is 11.7. The van der Waals surface area contributed by atoms with Gasteiger partial charge in [0.2, 0.25) is 0 Å². The Morgan fingerprint density at radius 2 is 1.13 bits per heavy atom. The van der Waals surface area contributed by atoms with Crippen molar-refractivity contribution in [3.05, 3.63) is 21.1 Å². The van der Waals surface area contributed by atoms with Gasteiger partial charge in [0.05, 0.1) is 0 Å². The molecule has 7 heteroatoms. The monoisotopic (exact) mass is 442 g/mol. The van der Waals surface area contributed by atoms with Gasteiger partial charge in [-0.2, -0.15) is 0 Å². The Hall–Kier alpha value is 0.302. The van der Waals surface area contributed by atoms with Crippen LogP contribution in [0.3, 0.4) is 0 Å². The summed E-state index contributed by atoms with van der Waals surface area (Å²) in [5.74, 6) is -1.78. The maximum atomic E-state index is 9.83. The Balaban J connectivity index is -0.000000180. The second-order valence-electron chi connectivity index (χ2n) is 2.19. The van der Waals surface area contributed by atoms with Crippen molar-refractivity contribution in [1.82, 2.24) is 0 Å². The fourth-order valence-corrected chi connectivity index (χ4v) is 0.485. The fourth-order valence-electron chi connectivity index (χ4n) is 0.0933. The molecule has 0 heterocycles. The van der Waals surface area contributed by atoms with Gasteiger partial charge in [0.25, 0.3) is 0 Å². The molecule has 0 bridgehead atoms. The molecular weight excluding hydrogens is 432 g/mol. The van der Waals surface area contributed by atoms with E-state index in [1.54, 1.807) is 0 Å². The van der Waals surface area contributed by atoms with E-state index in [4.69, 9.17) is 10.2 Å². The standard InChI is InChI=1S/2C4H5BrO2.Cd/c2*1-3(2-5)4(6)7;/h2*2H,1H3,(H,6,7);/b2*3-2+;. The number of carbonyl (C=O) groups is 2. The van der Waals surface area contributed by atoms with Crippen LogP contribution in [-0.2, 0) is 36.9 Å². The van der Waals surface area contributed by atoms with E-state index in [0.717, 1.165) is 0 Å². The summed E-state index contributed by atoms with van der Waals surface area (Å²) < 4.78 is 0. The Morgan fingerprint density at radius 1 is 0.933 bits per heavy atom. The van der Waals surface area contributed by atoms with Crippen LogP contribution in [0.15, 0.2) is 21.1 Å². The van der Waals surface area contributed by atoms with Crippen molar-refractivity contribution in [2.45, 2.75) is 13.8 Å². The van der Waals surface area contributed by atoms with E-state index in [9.17, 15) is 9.59 Å². The van der Waals surface area contributed by atoms with Gasteiger partial charge < -0.3 is 10.2 Å². The molecule has 0 aromatic carbocycles. The molecule has 0 unspecified atom stereocenters. The molecule has 4 nitrogen and oxygen atoms in total. The Kier molecular flexibility index (Phi) is 17.1. The minimum atomic E-state index is -0.892. The van der Waals surface area contributed by atoms with E-state index in [1.807, 2.05) is 0 Å². The molecule has 0 radical (unpaired) electrons. The summed E-state index contributed by atoms with van der Waals surface area (Å²) in [5, 5.41) is 16.2. The van der Waals surface area contributed by atoms with Crippen LogP contribution in [0, 0.1) is 0 Å². The quantitative estimate of drug-likeness (QED) is 0.510. The number of aliphatic carboxylic acids is 2. The average Bonchev–Trinajstić information content (AvgIpc) is 2.15. The third-order valence-corrected chi connectivity index (χ3v) is 2.38. The van der Waals surface area contributed by atoms with Gasteiger partial charge >= 0.3 is 11.9 Å². The Labute approximate surface area is 125 Å². The number of hydrogen-bond acceptors (Lipinski definition) is 2. The van der Waals surface area contributed by atoms with Gasteiger partial charge in [0, 0.05) is 38.4 Å². The third kappa shape index (κ3) is 14.3. The molecule has 0 spiro atoms. The van der Waals surface area contributed by atoms with Crippen LogP contribution >= 0.6 is 31.9 Å². The van der Waals surface area contributed by atoms with Crippen LogP contribution in [0.25, 0.3) is 0 Å².